The minimum atomic E-state index is -0.0135. The van der Waals surface area contributed by atoms with Crippen LogP contribution in [0, 0.1) is 6.92 Å². The first kappa shape index (κ1) is 23.5. The minimum Gasteiger partial charge on any atom is -0.459 e. The molecule has 29 heavy (non-hydrogen) atoms. The first-order valence-corrected chi connectivity index (χ1v) is 10.8. The van der Waals surface area contributed by atoms with Crippen LogP contribution in [-0.2, 0) is 13.6 Å². The van der Waals surface area contributed by atoms with Gasteiger partial charge in [-0.3, -0.25) is 0 Å². The lowest BCUT2D eigenvalue weighted by Crippen LogP contribution is -2.39. The van der Waals surface area contributed by atoms with Crippen LogP contribution in [0.25, 0.3) is 11.0 Å². The van der Waals surface area contributed by atoms with Crippen molar-refractivity contribution >= 4 is 52.7 Å². The van der Waals surface area contributed by atoms with Gasteiger partial charge in [-0.15, -0.1) is 34.2 Å². The van der Waals surface area contributed by atoms with Crippen molar-refractivity contribution in [3.05, 3.63) is 47.7 Å². The monoisotopic (exact) mass is 528 g/mol. The van der Waals surface area contributed by atoms with Crippen molar-refractivity contribution in [3.8, 4) is 0 Å². The zero-order valence-electron chi connectivity index (χ0n) is 17.3. The zero-order valence-corrected chi connectivity index (χ0v) is 20.5. The number of fused-ring (bicyclic) bond motifs is 1. The van der Waals surface area contributed by atoms with Crippen LogP contribution in [-0.4, -0.2) is 39.3 Å². The summed E-state index contributed by atoms with van der Waals surface area (Å²) < 4.78 is 7.94. The van der Waals surface area contributed by atoms with Gasteiger partial charge >= 0.3 is 0 Å². The average molecular weight is 528 g/mol. The minimum absolute atomic E-state index is 0. The SMILES string of the molecule is CSCCCNC(=NCc1nnc(C)n1C)NC(C)c1cc2ccccc2o1.I. The lowest BCUT2D eigenvalue weighted by Gasteiger charge is -2.17. The summed E-state index contributed by atoms with van der Waals surface area (Å²) >= 11 is 1.84. The molecule has 1 atom stereocenters. The van der Waals surface area contributed by atoms with Crippen molar-refractivity contribution in [2.45, 2.75) is 32.9 Å². The summed E-state index contributed by atoms with van der Waals surface area (Å²) in [5.41, 5.74) is 0.895. The number of thioether (sulfide) groups is 1. The van der Waals surface area contributed by atoms with Crippen LogP contribution in [0.1, 0.15) is 36.8 Å². The number of guanidine groups is 1. The molecule has 0 radical (unpaired) electrons. The van der Waals surface area contributed by atoms with E-state index in [9.17, 15) is 0 Å². The van der Waals surface area contributed by atoms with Gasteiger partial charge in [-0.05, 0) is 44.4 Å². The summed E-state index contributed by atoms with van der Waals surface area (Å²) in [4.78, 5) is 4.71. The van der Waals surface area contributed by atoms with Crippen LogP contribution in [0.15, 0.2) is 39.7 Å². The number of benzene rings is 1. The molecular weight excluding hydrogens is 499 g/mol. The third kappa shape index (κ3) is 6.36. The van der Waals surface area contributed by atoms with Crippen LogP contribution >= 0.6 is 35.7 Å². The molecule has 158 valence electrons. The van der Waals surface area contributed by atoms with Crippen LogP contribution in [0.2, 0.25) is 0 Å². The largest absolute Gasteiger partial charge is 0.459 e. The predicted molar refractivity (Wildman–Crippen MR) is 131 cm³/mol. The smallest absolute Gasteiger partial charge is 0.192 e. The second-order valence-corrected chi connectivity index (χ2v) is 7.70. The number of aryl methyl sites for hydroxylation is 1. The molecule has 9 heteroatoms. The molecule has 0 saturated heterocycles. The lowest BCUT2D eigenvalue weighted by molar-refractivity contribution is 0.488. The standard InChI is InChI=1S/C20H28N6OS.HI/c1-14(18-12-16-8-5-6-9-17(16)27-18)23-20(21-10-7-11-28-4)22-13-19-25-24-15(2)26(19)3;/h5-6,8-9,12,14H,7,10-11,13H2,1-4H3,(H2,21,22,23);1H. The maximum absolute atomic E-state index is 5.98. The second kappa shape index (κ2) is 11.4. The molecule has 7 nitrogen and oxygen atoms in total. The summed E-state index contributed by atoms with van der Waals surface area (Å²) in [5, 5.41) is 16.3. The number of nitrogens with zero attached hydrogens (tertiary/aromatic N) is 4. The van der Waals surface area contributed by atoms with Crippen molar-refractivity contribution in [2.24, 2.45) is 12.0 Å². The van der Waals surface area contributed by atoms with E-state index in [0.717, 1.165) is 53.1 Å². The fraction of sp³-hybridized carbons (Fsp3) is 0.450. The van der Waals surface area contributed by atoms with Crippen molar-refractivity contribution in [1.29, 1.82) is 0 Å². The quantitative estimate of drug-likeness (QED) is 0.199. The van der Waals surface area contributed by atoms with E-state index < -0.39 is 0 Å². The molecule has 0 aliphatic heterocycles. The number of nitrogens with one attached hydrogen (secondary N) is 2. The topological polar surface area (TPSA) is 80.3 Å². The van der Waals surface area contributed by atoms with E-state index in [1.165, 1.54) is 0 Å². The first-order chi connectivity index (χ1) is 13.6. The Morgan fingerprint density at radius 1 is 1.31 bits per heavy atom. The summed E-state index contributed by atoms with van der Waals surface area (Å²) in [5.74, 6) is 4.45. The molecule has 2 heterocycles. The average Bonchev–Trinajstić information content (AvgIpc) is 3.27. The van der Waals surface area contributed by atoms with Gasteiger partial charge in [0.05, 0.1) is 6.04 Å². The van der Waals surface area contributed by atoms with Gasteiger partial charge in [-0.25, -0.2) is 4.99 Å². The number of furan rings is 1. The van der Waals surface area contributed by atoms with Crippen molar-refractivity contribution < 1.29 is 4.42 Å². The Kier molecular flexibility index (Phi) is 9.28. The van der Waals surface area contributed by atoms with Gasteiger partial charge in [-0.2, -0.15) is 11.8 Å². The summed E-state index contributed by atoms with van der Waals surface area (Å²) in [6.07, 6.45) is 3.19. The van der Waals surface area contributed by atoms with E-state index >= 15 is 0 Å². The van der Waals surface area contributed by atoms with Crippen molar-refractivity contribution in [2.75, 3.05) is 18.6 Å². The molecule has 1 unspecified atom stereocenters. The zero-order chi connectivity index (χ0) is 19.9. The normalized spacial score (nSPS) is 12.6. The van der Waals surface area contributed by atoms with Gasteiger partial charge in [-0.1, -0.05) is 18.2 Å². The highest BCUT2D eigenvalue weighted by Gasteiger charge is 2.13. The fourth-order valence-corrected chi connectivity index (χ4v) is 3.24. The van der Waals surface area contributed by atoms with Gasteiger partial charge in [0.2, 0.25) is 0 Å². The molecule has 0 spiro atoms. The molecule has 1 aromatic carbocycles. The number of hydrogen-bond donors (Lipinski definition) is 2. The molecule has 0 bridgehead atoms. The Morgan fingerprint density at radius 2 is 2.10 bits per heavy atom. The number of aromatic nitrogens is 3. The maximum atomic E-state index is 5.98. The van der Waals surface area contributed by atoms with E-state index in [2.05, 4.69) is 46.1 Å². The number of halogens is 1. The summed E-state index contributed by atoms with van der Waals surface area (Å²) in [6, 6.07) is 10.1. The van der Waals surface area contributed by atoms with E-state index in [0.29, 0.717) is 6.54 Å². The molecule has 0 aliphatic rings. The van der Waals surface area contributed by atoms with Gasteiger partial charge in [0.1, 0.15) is 23.7 Å². The molecule has 3 aromatic rings. The lowest BCUT2D eigenvalue weighted by atomic mass is 10.2. The van der Waals surface area contributed by atoms with E-state index in [1.54, 1.807) is 0 Å². The first-order valence-electron chi connectivity index (χ1n) is 9.45. The van der Waals surface area contributed by atoms with Crippen LogP contribution in [0.3, 0.4) is 0 Å². The third-order valence-corrected chi connectivity index (χ3v) is 5.30. The Morgan fingerprint density at radius 3 is 2.79 bits per heavy atom. The predicted octanol–water partition coefficient (Wildman–Crippen LogP) is 4.04. The summed E-state index contributed by atoms with van der Waals surface area (Å²) in [7, 11) is 1.95. The van der Waals surface area contributed by atoms with Crippen LogP contribution in [0.4, 0.5) is 0 Å². The number of hydrogen-bond acceptors (Lipinski definition) is 5. The number of para-hydroxylation sites is 1. The highest BCUT2D eigenvalue weighted by atomic mass is 127. The van der Waals surface area contributed by atoms with E-state index in [-0.39, 0.29) is 30.0 Å². The third-order valence-electron chi connectivity index (χ3n) is 4.60. The Bertz CT molecular complexity index is 905. The molecule has 0 amide bonds. The van der Waals surface area contributed by atoms with Gasteiger partial charge < -0.3 is 19.6 Å². The van der Waals surface area contributed by atoms with Gasteiger partial charge in [0.15, 0.2) is 11.8 Å². The number of aliphatic imine (C=N–C) groups is 1. The maximum Gasteiger partial charge on any atom is 0.192 e. The van der Waals surface area contributed by atoms with Crippen molar-refractivity contribution in [1.82, 2.24) is 25.4 Å². The van der Waals surface area contributed by atoms with E-state index in [4.69, 9.17) is 9.41 Å². The van der Waals surface area contributed by atoms with Crippen molar-refractivity contribution in [3.63, 3.8) is 0 Å². The van der Waals surface area contributed by atoms with Crippen LogP contribution in [0.5, 0.6) is 0 Å². The molecule has 0 fully saturated rings. The number of rotatable bonds is 8. The Hall–Kier alpha value is -1.75. The molecule has 0 saturated carbocycles. The Labute approximate surface area is 193 Å². The molecule has 3 rings (SSSR count). The Balaban J connectivity index is 0.00000300. The highest BCUT2D eigenvalue weighted by molar-refractivity contribution is 14.0. The van der Waals surface area contributed by atoms with Crippen LogP contribution < -0.4 is 10.6 Å². The highest BCUT2D eigenvalue weighted by Crippen LogP contribution is 2.23. The molecule has 2 aromatic heterocycles. The summed E-state index contributed by atoms with van der Waals surface area (Å²) in [6.45, 7) is 5.33. The molecule has 2 N–H and O–H groups in total. The second-order valence-electron chi connectivity index (χ2n) is 6.71. The van der Waals surface area contributed by atoms with Gasteiger partial charge in [0, 0.05) is 19.0 Å². The molecular formula is C20H29IN6OS. The fourth-order valence-electron chi connectivity index (χ4n) is 2.81. The van der Waals surface area contributed by atoms with E-state index in [1.807, 2.05) is 48.5 Å². The van der Waals surface area contributed by atoms with Gasteiger partial charge in [0.25, 0.3) is 0 Å². The molecule has 0 aliphatic carbocycles.